The molecule has 8 nitrogen and oxygen atoms in total. The predicted molar refractivity (Wildman–Crippen MR) is 124 cm³/mol. The number of nitrogens with zero attached hydrogens (tertiary/aromatic N) is 5. The Morgan fingerprint density at radius 2 is 1.94 bits per heavy atom. The number of carbonyl (C=O) groups excluding carboxylic acids is 2. The van der Waals surface area contributed by atoms with Crippen LogP contribution >= 0.6 is 0 Å². The van der Waals surface area contributed by atoms with Crippen molar-refractivity contribution in [2.24, 2.45) is 5.92 Å². The fraction of sp³-hybridized carbons (Fsp3) is 0.583. The van der Waals surface area contributed by atoms with Gasteiger partial charge in [0.05, 0.1) is 0 Å². The number of hydrogen-bond acceptors (Lipinski definition) is 5. The first-order valence-corrected chi connectivity index (χ1v) is 11.8. The molecule has 8 heteroatoms. The van der Waals surface area contributed by atoms with E-state index in [-0.39, 0.29) is 11.8 Å². The Hall–Kier alpha value is -2.90. The molecule has 4 rings (SSSR count). The summed E-state index contributed by atoms with van der Waals surface area (Å²) in [7, 11) is 0. The van der Waals surface area contributed by atoms with E-state index >= 15 is 0 Å². The molecule has 4 heterocycles. The lowest BCUT2D eigenvalue weighted by atomic mass is 9.92. The minimum absolute atomic E-state index is 0.0140. The number of pyridine rings is 1. The van der Waals surface area contributed by atoms with Gasteiger partial charge >= 0.3 is 0 Å². The van der Waals surface area contributed by atoms with Gasteiger partial charge in [0, 0.05) is 63.1 Å². The molecule has 1 N–H and O–H groups in total. The summed E-state index contributed by atoms with van der Waals surface area (Å²) in [5.41, 5.74) is 2.53. The van der Waals surface area contributed by atoms with Crippen molar-refractivity contribution in [1.82, 2.24) is 25.0 Å². The van der Waals surface area contributed by atoms with Gasteiger partial charge in [0.15, 0.2) is 5.69 Å². The van der Waals surface area contributed by atoms with E-state index in [4.69, 9.17) is 0 Å². The van der Waals surface area contributed by atoms with E-state index in [1.165, 1.54) is 0 Å². The number of aromatic nitrogens is 3. The number of anilines is 1. The summed E-state index contributed by atoms with van der Waals surface area (Å²) in [4.78, 5) is 36.3. The molecule has 0 aliphatic carbocycles. The predicted octanol–water partition coefficient (Wildman–Crippen LogP) is 2.66. The second kappa shape index (κ2) is 10.1. The van der Waals surface area contributed by atoms with Gasteiger partial charge in [-0.05, 0) is 50.7 Å². The van der Waals surface area contributed by atoms with Crippen LogP contribution in [0.2, 0.25) is 0 Å². The van der Waals surface area contributed by atoms with Crippen LogP contribution in [-0.2, 0) is 11.2 Å². The van der Waals surface area contributed by atoms with E-state index in [1.807, 2.05) is 34.9 Å². The maximum Gasteiger partial charge on any atom is 0.274 e. The highest BCUT2D eigenvalue weighted by Gasteiger charge is 2.28. The van der Waals surface area contributed by atoms with E-state index in [0.717, 1.165) is 75.5 Å². The fourth-order valence-corrected chi connectivity index (χ4v) is 4.83. The van der Waals surface area contributed by atoms with Crippen molar-refractivity contribution in [3.05, 3.63) is 41.3 Å². The van der Waals surface area contributed by atoms with Gasteiger partial charge in [-0.15, -0.1) is 0 Å². The molecule has 0 radical (unpaired) electrons. The van der Waals surface area contributed by atoms with Crippen LogP contribution in [0, 0.1) is 12.8 Å². The van der Waals surface area contributed by atoms with E-state index in [9.17, 15) is 9.59 Å². The fourth-order valence-electron chi connectivity index (χ4n) is 4.83. The van der Waals surface area contributed by atoms with Crippen LogP contribution in [0.5, 0.6) is 0 Å². The van der Waals surface area contributed by atoms with E-state index in [2.05, 4.69) is 27.0 Å². The van der Waals surface area contributed by atoms with Crippen LogP contribution in [0.1, 0.15) is 54.4 Å². The van der Waals surface area contributed by atoms with E-state index in [0.29, 0.717) is 24.6 Å². The Morgan fingerprint density at radius 1 is 1.12 bits per heavy atom. The minimum Gasteiger partial charge on any atom is -0.353 e. The van der Waals surface area contributed by atoms with E-state index < -0.39 is 0 Å². The van der Waals surface area contributed by atoms with Crippen LogP contribution < -0.4 is 4.90 Å². The monoisotopic (exact) mass is 438 g/mol. The highest BCUT2D eigenvalue weighted by molar-refractivity contribution is 5.94. The van der Waals surface area contributed by atoms with Crippen LogP contribution in [0.4, 0.5) is 5.82 Å². The van der Waals surface area contributed by atoms with Gasteiger partial charge in [-0.1, -0.05) is 13.0 Å². The first kappa shape index (κ1) is 22.3. The number of piperidine rings is 1. The molecule has 1 atom stereocenters. The molecular weight excluding hydrogens is 404 g/mol. The van der Waals surface area contributed by atoms with Crippen molar-refractivity contribution in [2.75, 3.05) is 44.2 Å². The summed E-state index contributed by atoms with van der Waals surface area (Å²) in [6.45, 7) is 8.62. The molecule has 2 saturated heterocycles. The van der Waals surface area contributed by atoms with Crippen molar-refractivity contribution >= 4 is 17.6 Å². The lowest BCUT2D eigenvalue weighted by Gasteiger charge is -2.36. The molecule has 0 saturated carbocycles. The third-order valence-electron chi connectivity index (χ3n) is 6.84. The SMILES string of the molecule is CCc1[nH]nc(C(=O)N2CCCC(CCC(=O)N3CCN(c4ccccn4)CC3)C2)c1C. The van der Waals surface area contributed by atoms with Gasteiger partial charge < -0.3 is 14.7 Å². The Labute approximate surface area is 190 Å². The summed E-state index contributed by atoms with van der Waals surface area (Å²) in [6, 6.07) is 5.93. The largest absolute Gasteiger partial charge is 0.353 e. The average Bonchev–Trinajstić information content (AvgIpc) is 3.23. The molecule has 1 unspecified atom stereocenters. The van der Waals surface area contributed by atoms with Gasteiger partial charge in [0.25, 0.3) is 5.91 Å². The average molecular weight is 439 g/mol. The quantitative estimate of drug-likeness (QED) is 0.749. The molecular formula is C24H34N6O2. The van der Waals surface area contributed by atoms with E-state index in [1.54, 1.807) is 6.20 Å². The molecule has 2 aromatic heterocycles. The molecule has 32 heavy (non-hydrogen) atoms. The lowest BCUT2D eigenvalue weighted by Crippen LogP contribution is -2.49. The van der Waals surface area contributed by atoms with Crippen molar-refractivity contribution in [3.8, 4) is 0 Å². The third kappa shape index (κ3) is 4.95. The lowest BCUT2D eigenvalue weighted by molar-refractivity contribution is -0.131. The summed E-state index contributed by atoms with van der Waals surface area (Å²) in [6.07, 6.45) is 6.09. The number of rotatable bonds is 6. The summed E-state index contributed by atoms with van der Waals surface area (Å²) >= 11 is 0. The van der Waals surface area contributed by atoms with Crippen molar-refractivity contribution < 1.29 is 9.59 Å². The number of piperazine rings is 1. The highest BCUT2D eigenvalue weighted by atomic mass is 16.2. The molecule has 2 fully saturated rings. The second-order valence-electron chi connectivity index (χ2n) is 8.88. The summed E-state index contributed by atoms with van der Waals surface area (Å²) in [5.74, 6) is 1.59. The molecule has 0 bridgehead atoms. The Balaban J connectivity index is 1.24. The normalized spacial score (nSPS) is 19.3. The smallest absolute Gasteiger partial charge is 0.274 e. The van der Waals surface area contributed by atoms with Crippen LogP contribution in [0.25, 0.3) is 0 Å². The van der Waals surface area contributed by atoms with Gasteiger partial charge in [-0.25, -0.2) is 4.98 Å². The molecule has 0 spiro atoms. The minimum atomic E-state index is 0.0140. The zero-order chi connectivity index (χ0) is 22.5. The molecule has 2 aliphatic rings. The number of hydrogen-bond donors (Lipinski definition) is 1. The molecule has 2 aromatic rings. The van der Waals surface area contributed by atoms with Gasteiger partial charge in [-0.2, -0.15) is 5.10 Å². The standard InChI is InChI=1S/C24H34N6O2/c1-3-20-18(2)23(27-26-20)24(32)30-12-6-7-19(17-30)9-10-22(31)29-15-13-28(14-16-29)21-8-4-5-11-25-21/h4-5,8,11,19H,3,6-7,9-10,12-17H2,1-2H3,(H,26,27). The number of amides is 2. The second-order valence-corrected chi connectivity index (χ2v) is 8.88. The first-order chi connectivity index (χ1) is 15.6. The van der Waals surface area contributed by atoms with Gasteiger partial charge in [0.1, 0.15) is 5.82 Å². The van der Waals surface area contributed by atoms with Crippen molar-refractivity contribution in [1.29, 1.82) is 0 Å². The molecule has 2 aliphatic heterocycles. The zero-order valence-electron chi connectivity index (χ0n) is 19.2. The number of aromatic amines is 1. The summed E-state index contributed by atoms with van der Waals surface area (Å²) < 4.78 is 0. The zero-order valence-corrected chi connectivity index (χ0v) is 19.2. The number of H-pyrrole nitrogens is 1. The maximum absolute atomic E-state index is 13.0. The molecule has 0 aromatic carbocycles. The first-order valence-electron chi connectivity index (χ1n) is 11.8. The third-order valence-corrected chi connectivity index (χ3v) is 6.84. The maximum atomic E-state index is 13.0. The van der Waals surface area contributed by atoms with Gasteiger partial charge in [-0.3, -0.25) is 14.7 Å². The highest BCUT2D eigenvalue weighted by Crippen LogP contribution is 2.24. The number of aryl methyl sites for hydroxylation is 1. The molecule has 172 valence electrons. The van der Waals surface area contributed by atoms with Gasteiger partial charge in [0.2, 0.25) is 5.91 Å². The number of likely N-dealkylation sites (tertiary alicyclic amines) is 1. The van der Waals surface area contributed by atoms with Crippen LogP contribution in [0.15, 0.2) is 24.4 Å². The Morgan fingerprint density at radius 3 is 2.62 bits per heavy atom. The van der Waals surface area contributed by atoms with Crippen LogP contribution in [-0.4, -0.2) is 76.1 Å². The number of nitrogens with one attached hydrogen (secondary N) is 1. The number of carbonyl (C=O) groups is 2. The topological polar surface area (TPSA) is 85.4 Å². The Bertz CT molecular complexity index is 920. The van der Waals surface area contributed by atoms with Crippen molar-refractivity contribution in [3.63, 3.8) is 0 Å². The molecule has 2 amide bonds. The Kier molecular flexibility index (Phi) is 7.07. The summed E-state index contributed by atoms with van der Waals surface area (Å²) in [5, 5.41) is 7.25. The van der Waals surface area contributed by atoms with Crippen molar-refractivity contribution in [2.45, 2.75) is 46.0 Å². The van der Waals surface area contributed by atoms with Crippen LogP contribution in [0.3, 0.4) is 0 Å².